The molecule has 0 spiro atoms. The molecule has 6 nitrogen and oxygen atoms in total. The maximum atomic E-state index is 11.2. The van der Waals surface area contributed by atoms with Gasteiger partial charge < -0.3 is 5.11 Å². The highest BCUT2D eigenvalue weighted by Gasteiger charge is 2.26. The lowest BCUT2D eigenvalue weighted by Gasteiger charge is -2.23. The van der Waals surface area contributed by atoms with Crippen LogP contribution in [0.15, 0.2) is 0 Å². The zero-order valence-corrected chi connectivity index (χ0v) is 10.8. The third kappa shape index (κ3) is 4.13. The van der Waals surface area contributed by atoms with E-state index >= 15 is 0 Å². The van der Waals surface area contributed by atoms with E-state index in [2.05, 4.69) is 15.5 Å². The third-order valence-corrected chi connectivity index (χ3v) is 2.52. The van der Waals surface area contributed by atoms with Gasteiger partial charge in [-0.2, -0.15) is 0 Å². The molecule has 0 saturated heterocycles. The summed E-state index contributed by atoms with van der Waals surface area (Å²) in [4.78, 5) is 11.2. The van der Waals surface area contributed by atoms with Gasteiger partial charge in [-0.3, -0.25) is 4.79 Å². The molecule has 1 N–H and O–H groups in total. The average Bonchev–Trinajstić information content (AvgIpc) is 2.62. The second-order valence-corrected chi connectivity index (χ2v) is 5.43. The van der Waals surface area contributed by atoms with Gasteiger partial charge in [-0.25, -0.2) is 4.68 Å². The summed E-state index contributed by atoms with van der Waals surface area (Å²) in [6, 6.07) is 0. The van der Waals surface area contributed by atoms with Crippen molar-refractivity contribution < 1.29 is 9.90 Å². The number of aryl methyl sites for hydroxylation is 1. The van der Waals surface area contributed by atoms with E-state index < -0.39 is 11.9 Å². The molecule has 1 aromatic heterocycles. The van der Waals surface area contributed by atoms with E-state index in [1.165, 1.54) is 0 Å². The van der Waals surface area contributed by atoms with Gasteiger partial charge in [0.05, 0.1) is 12.5 Å². The van der Waals surface area contributed by atoms with Crippen molar-refractivity contribution in [2.45, 2.75) is 47.1 Å². The van der Waals surface area contributed by atoms with E-state index in [0.29, 0.717) is 19.4 Å². The van der Waals surface area contributed by atoms with E-state index in [0.717, 1.165) is 5.82 Å². The minimum Gasteiger partial charge on any atom is -0.481 e. The Labute approximate surface area is 101 Å². The Bertz CT molecular complexity index is 381. The van der Waals surface area contributed by atoms with Crippen LogP contribution in [0.1, 0.15) is 39.9 Å². The van der Waals surface area contributed by atoms with Crippen molar-refractivity contribution in [3.8, 4) is 0 Å². The maximum Gasteiger partial charge on any atom is 0.308 e. The largest absolute Gasteiger partial charge is 0.481 e. The van der Waals surface area contributed by atoms with Crippen LogP contribution in [0, 0.1) is 11.3 Å². The number of carbonyl (C=O) groups is 1. The molecule has 1 rings (SSSR count). The van der Waals surface area contributed by atoms with Crippen molar-refractivity contribution in [1.29, 1.82) is 0 Å². The summed E-state index contributed by atoms with van der Waals surface area (Å²) in [5.41, 5.74) is -0.0244. The van der Waals surface area contributed by atoms with Crippen LogP contribution in [0.25, 0.3) is 0 Å². The average molecular weight is 240 g/mol. The molecule has 0 aromatic carbocycles. The summed E-state index contributed by atoms with van der Waals surface area (Å²) in [6.45, 7) is 8.38. The standard InChI is InChI=1S/C11H20N4O2/c1-5-9-12-13-14-15(9)7-8(10(16)17)6-11(2,3)4/h8H,5-7H2,1-4H3,(H,16,17). The Morgan fingerprint density at radius 2 is 2.12 bits per heavy atom. The molecule has 6 heteroatoms. The van der Waals surface area contributed by atoms with E-state index in [1.54, 1.807) is 4.68 Å². The predicted octanol–water partition coefficient (Wildman–Crippen LogP) is 1.37. The molecule has 0 bridgehead atoms. The van der Waals surface area contributed by atoms with Gasteiger partial charge in [0.2, 0.25) is 0 Å². The first kappa shape index (κ1) is 13.6. The Balaban J connectivity index is 2.77. The highest BCUT2D eigenvalue weighted by molar-refractivity contribution is 5.69. The van der Waals surface area contributed by atoms with Crippen molar-refractivity contribution in [3.63, 3.8) is 0 Å². The SMILES string of the molecule is CCc1nnnn1CC(CC(C)(C)C)C(=O)O. The molecule has 1 unspecified atom stereocenters. The minimum atomic E-state index is -0.794. The second kappa shape index (κ2) is 5.25. The lowest BCUT2D eigenvalue weighted by atomic mass is 9.84. The molecule has 17 heavy (non-hydrogen) atoms. The van der Waals surface area contributed by atoms with Crippen LogP contribution in [0.5, 0.6) is 0 Å². The molecular weight excluding hydrogens is 220 g/mol. The van der Waals surface area contributed by atoms with Crippen LogP contribution in [-0.4, -0.2) is 31.3 Å². The lowest BCUT2D eigenvalue weighted by molar-refractivity contribution is -0.143. The summed E-state index contributed by atoms with van der Waals surface area (Å²) in [7, 11) is 0. The first-order valence-electron chi connectivity index (χ1n) is 5.81. The highest BCUT2D eigenvalue weighted by atomic mass is 16.4. The minimum absolute atomic E-state index is 0.0244. The first-order valence-corrected chi connectivity index (χ1v) is 5.81. The van der Waals surface area contributed by atoms with Crippen molar-refractivity contribution in [2.24, 2.45) is 11.3 Å². The number of tetrazole rings is 1. The van der Waals surface area contributed by atoms with Crippen molar-refractivity contribution in [1.82, 2.24) is 20.2 Å². The number of hydrogen-bond donors (Lipinski definition) is 1. The van der Waals surface area contributed by atoms with Crippen LogP contribution in [-0.2, 0) is 17.8 Å². The van der Waals surface area contributed by atoms with Gasteiger partial charge in [0.25, 0.3) is 0 Å². The Morgan fingerprint density at radius 3 is 2.59 bits per heavy atom. The lowest BCUT2D eigenvalue weighted by Crippen LogP contribution is -2.26. The van der Waals surface area contributed by atoms with Gasteiger partial charge >= 0.3 is 5.97 Å². The fraction of sp³-hybridized carbons (Fsp3) is 0.818. The van der Waals surface area contributed by atoms with Gasteiger partial charge in [0, 0.05) is 6.42 Å². The first-order chi connectivity index (χ1) is 7.83. The fourth-order valence-corrected chi connectivity index (χ4v) is 1.80. The second-order valence-electron chi connectivity index (χ2n) is 5.43. The van der Waals surface area contributed by atoms with Gasteiger partial charge in [-0.1, -0.05) is 27.7 Å². The molecule has 0 amide bonds. The summed E-state index contributed by atoms with van der Waals surface area (Å²) < 4.78 is 1.59. The van der Waals surface area contributed by atoms with Gasteiger partial charge in [0.15, 0.2) is 5.82 Å². The van der Waals surface area contributed by atoms with Crippen LogP contribution in [0.2, 0.25) is 0 Å². The molecule has 1 aromatic rings. The summed E-state index contributed by atoms with van der Waals surface area (Å²) in [5.74, 6) is -0.522. The Kier molecular flexibility index (Phi) is 4.20. The summed E-state index contributed by atoms with van der Waals surface area (Å²) in [5, 5.41) is 20.5. The van der Waals surface area contributed by atoms with Crippen molar-refractivity contribution in [2.75, 3.05) is 0 Å². The van der Waals surface area contributed by atoms with Crippen LogP contribution < -0.4 is 0 Å². The highest BCUT2D eigenvalue weighted by Crippen LogP contribution is 2.25. The van der Waals surface area contributed by atoms with E-state index in [9.17, 15) is 9.90 Å². The Morgan fingerprint density at radius 1 is 1.47 bits per heavy atom. The number of nitrogens with zero attached hydrogens (tertiary/aromatic N) is 4. The number of carboxylic acid groups (broad SMARTS) is 1. The molecule has 0 aliphatic carbocycles. The molecule has 0 fully saturated rings. The number of aromatic nitrogens is 4. The molecule has 96 valence electrons. The van der Waals surface area contributed by atoms with E-state index in [1.807, 2.05) is 27.7 Å². The number of rotatable bonds is 5. The molecule has 0 saturated carbocycles. The van der Waals surface area contributed by atoms with Crippen molar-refractivity contribution >= 4 is 5.97 Å². The molecule has 0 radical (unpaired) electrons. The van der Waals surface area contributed by atoms with E-state index in [-0.39, 0.29) is 5.41 Å². The van der Waals surface area contributed by atoms with Gasteiger partial charge in [-0.05, 0) is 22.3 Å². The molecule has 0 aliphatic heterocycles. The molecule has 0 aliphatic rings. The number of aliphatic carboxylic acids is 1. The fourth-order valence-electron chi connectivity index (χ4n) is 1.80. The van der Waals surface area contributed by atoms with Crippen LogP contribution in [0.3, 0.4) is 0 Å². The number of hydrogen-bond acceptors (Lipinski definition) is 4. The molecule has 1 atom stereocenters. The zero-order chi connectivity index (χ0) is 13.1. The monoisotopic (exact) mass is 240 g/mol. The van der Waals surface area contributed by atoms with Gasteiger partial charge in [0.1, 0.15) is 0 Å². The molecular formula is C11H20N4O2. The third-order valence-electron chi connectivity index (χ3n) is 2.52. The van der Waals surface area contributed by atoms with E-state index in [4.69, 9.17) is 0 Å². The maximum absolute atomic E-state index is 11.2. The smallest absolute Gasteiger partial charge is 0.308 e. The zero-order valence-electron chi connectivity index (χ0n) is 10.8. The topological polar surface area (TPSA) is 80.9 Å². The normalized spacial score (nSPS) is 13.6. The Hall–Kier alpha value is -1.46. The van der Waals surface area contributed by atoms with Crippen molar-refractivity contribution in [3.05, 3.63) is 5.82 Å². The number of carboxylic acids is 1. The predicted molar refractivity (Wildman–Crippen MR) is 62.4 cm³/mol. The summed E-state index contributed by atoms with van der Waals surface area (Å²) in [6.07, 6.45) is 1.31. The van der Waals surface area contributed by atoms with Crippen LogP contribution in [0.4, 0.5) is 0 Å². The van der Waals surface area contributed by atoms with Gasteiger partial charge in [-0.15, -0.1) is 5.10 Å². The molecule has 1 heterocycles. The van der Waals surface area contributed by atoms with Crippen LogP contribution >= 0.6 is 0 Å². The quantitative estimate of drug-likeness (QED) is 0.840. The summed E-state index contributed by atoms with van der Waals surface area (Å²) >= 11 is 0.